The molecule has 1 aromatic carbocycles. The molecule has 0 radical (unpaired) electrons. The number of esters is 1. The molecule has 1 rings (SSSR count). The van der Waals surface area contributed by atoms with Crippen molar-refractivity contribution < 1.29 is 14.3 Å². The van der Waals surface area contributed by atoms with Crippen LogP contribution in [-0.4, -0.2) is 38.2 Å². The van der Waals surface area contributed by atoms with E-state index in [1.165, 1.54) is 0 Å². The number of rotatable bonds is 6. The Kier molecular flexibility index (Phi) is 5.65. The van der Waals surface area contributed by atoms with Gasteiger partial charge >= 0.3 is 5.97 Å². The molecular formula is C14H21NO3. The third-order valence-corrected chi connectivity index (χ3v) is 2.53. The molecule has 0 heterocycles. The lowest BCUT2D eigenvalue weighted by atomic mass is 10.1. The summed E-state index contributed by atoms with van der Waals surface area (Å²) in [5.41, 5.74) is 0.905. The summed E-state index contributed by atoms with van der Waals surface area (Å²) in [6, 6.07) is 7.16. The fourth-order valence-corrected chi connectivity index (χ4v) is 1.78. The fourth-order valence-electron chi connectivity index (χ4n) is 1.78. The van der Waals surface area contributed by atoms with Gasteiger partial charge in [-0.1, -0.05) is 12.1 Å². The number of benzene rings is 1. The Bertz CT molecular complexity index is 373. The Morgan fingerprint density at radius 3 is 2.22 bits per heavy atom. The van der Waals surface area contributed by atoms with E-state index in [-0.39, 0.29) is 12.0 Å². The van der Waals surface area contributed by atoms with Gasteiger partial charge in [-0.3, -0.25) is 4.90 Å². The number of hydrogen-bond acceptors (Lipinski definition) is 4. The van der Waals surface area contributed by atoms with Gasteiger partial charge in [0.05, 0.1) is 13.2 Å². The van der Waals surface area contributed by atoms with E-state index in [2.05, 4.69) is 0 Å². The first kappa shape index (κ1) is 14.5. The van der Waals surface area contributed by atoms with E-state index in [0.717, 1.165) is 11.3 Å². The number of ether oxygens (including phenoxy) is 2. The van der Waals surface area contributed by atoms with Crippen LogP contribution in [0.4, 0.5) is 0 Å². The molecule has 1 unspecified atom stereocenters. The lowest BCUT2D eigenvalue weighted by Gasteiger charge is -2.22. The van der Waals surface area contributed by atoms with Crippen molar-refractivity contribution in [2.45, 2.75) is 19.9 Å². The molecule has 0 bridgehead atoms. The van der Waals surface area contributed by atoms with Gasteiger partial charge in [-0.2, -0.15) is 0 Å². The first-order valence-corrected chi connectivity index (χ1v) is 6.16. The molecule has 18 heavy (non-hydrogen) atoms. The van der Waals surface area contributed by atoms with E-state index in [0.29, 0.717) is 13.2 Å². The highest BCUT2D eigenvalue weighted by Gasteiger charge is 2.23. The lowest BCUT2D eigenvalue weighted by Crippen LogP contribution is -2.29. The molecule has 0 spiro atoms. The zero-order valence-corrected chi connectivity index (χ0v) is 11.5. The van der Waals surface area contributed by atoms with Gasteiger partial charge in [0, 0.05) is 0 Å². The Balaban J connectivity index is 2.89. The van der Waals surface area contributed by atoms with Gasteiger partial charge in [-0.15, -0.1) is 0 Å². The minimum Gasteiger partial charge on any atom is -0.494 e. The van der Waals surface area contributed by atoms with Crippen LogP contribution in [0.1, 0.15) is 25.5 Å². The van der Waals surface area contributed by atoms with Crippen LogP contribution in [0, 0.1) is 0 Å². The van der Waals surface area contributed by atoms with Crippen molar-refractivity contribution in [3.63, 3.8) is 0 Å². The SMILES string of the molecule is CCOC(=O)C(c1ccc(OCC)cc1)N(C)C. The lowest BCUT2D eigenvalue weighted by molar-refractivity contribution is -0.148. The molecule has 4 heteroatoms. The Hall–Kier alpha value is -1.55. The van der Waals surface area contributed by atoms with E-state index in [4.69, 9.17) is 9.47 Å². The molecule has 1 atom stereocenters. The molecule has 0 aliphatic rings. The summed E-state index contributed by atoms with van der Waals surface area (Å²) < 4.78 is 10.5. The fraction of sp³-hybridized carbons (Fsp3) is 0.500. The van der Waals surface area contributed by atoms with Gasteiger partial charge in [-0.25, -0.2) is 4.79 Å². The predicted octanol–water partition coefficient (Wildman–Crippen LogP) is 2.25. The number of nitrogens with zero attached hydrogens (tertiary/aromatic N) is 1. The van der Waals surface area contributed by atoms with Crippen LogP contribution in [0.25, 0.3) is 0 Å². The van der Waals surface area contributed by atoms with Gasteiger partial charge in [0.25, 0.3) is 0 Å². The van der Waals surface area contributed by atoms with E-state index in [9.17, 15) is 4.79 Å². The van der Waals surface area contributed by atoms with Gasteiger partial charge < -0.3 is 9.47 Å². The van der Waals surface area contributed by atoms with Crippen molar-refractivity contribution >= 4 is 5.97 Å². The molecule has 0 fully saturated rings. The molecule has 0 saturated carbocycles. The summed E-state index contributed by atoms with van der Waals surface area (Å²) in [5, 5.41) is 0. The highest BCUT2D eigenvalue weighted by Crippen LogP contribution is 2.22. The van der Waals surface area contributed by atoms with Crippen molar-refractivity contribution in [1.82, 2.24) is 4.90 Å². The van der Waals surface area contributed by atoms with E-state index < -0.39 is 0 Å². The number of likely N-dealkylation sites (N-methyl/N-ethyl adjacent to an activating group) is 1. The van der Waals surface area contributed by atoms with Crippen LogP contribution < -0.4 is 4.74 Å². The maximum Gasteiger partial charge on any atom is 0.327 e. The molecule has 0 saturated heterocycles. The van der Waals surface area contributed by atoms with Gasteiger partial charge in [0.15, 0.2) is 0 Å². The molecule has 0 N–H and O–H groups in total. The highest BCUT2D eigenvalue weighted by molar-refractivity contribution is 5.77. The first-order chi connectivity index (χ1) is 8.60. The van der Waals surface area contributed by atoms with E-state index in [1.54, 1.807) is 0 Å². The van der Waals surface area contributed by atoms with Crippen LogP contribution in [0.2, 0.25) is 0 Å². The van der Waals surface area contributed by atoms with Gasteiger partial charge in [-0.05, 0) is 45.6 Å². The summed E-state index contributed by atoms with van der Waals surface area (Å²) in [7, 11) is 3.72. The zero-order chi connectivity index (χ0) is 13.5. The second-order valence-electron chi connectivity index (χ2n) is 4.12. The maximum absolute atomic E-state index is 11.9. The third kappa shape index (κ3) is 3.74. The Labute approximate surface area is 108 Å². The first-order valence-electron chi connectivity index (χ1n) is 6.16. The van der Waals surface area contributed by atoms with Gasteiger partial charge in [0.2, 0.25) is 0 Å². The topological polar surface area (TPSA) is 38.8 Å². The van der Waals surface area contributed by atoms with Crippen LogP contribution in [0.3, 0.4) is 0 Å². The van der Waals surface area contributed by atoms with Crippen LogP contribution in [-0.2, 0) is 9.53 Å². The van der Waals surface area contributed by atoms with Crippen molar-refractivity contribution in [3.05, 3.63) is 29.8 Å². The van der Waals surface area contributed by atoms with Gasteiger partial charge in [0.1, 0.15) is 11.8 Å². The summed E-state index contributed by atoms with van der Waals surface area (Å²) >= 11 is 0. The molecular weight excluding hydrogens is 230 g/mol. The number of carbonyl (C=O) groups excluding carboxylic acids is 1. The number of carbonyl (C=O) groups is 1. The standard InChI is InChI=1S/C14H21NO3/c1-5-17-12-9-7-11(8-10-12)13(15(3)4)14(16)18-6-2/h7-10,13H,5-6H2,1-4H3. The zero-order valence-electron chi connectivity index (χ0n) is 11.5. The second kappa shape index (κ2) is 7.01. The maximum atomic E-state index is 11.9. The summed E-state index contributed by atoms with van der Waals surface area (Å²) in [4.78, 5) is 13.7. The molecule has 0 aromatic heterocycles. The average Bonchev–Trinajstić information content (AvgIpc) is 2.32. The number of hydrogen-bond donors (Lipinski definition) is 0. The van der Waals surface area contributed by atoms with Crippen molar-refractivity contribution in [2.24, 2.45) is 0 Å². The Morgan fingerprint density at radius 1 is 1.17 bits per heavy atom. The van der Waals surface area contributed by atoms with Crippen molar-refractivity contribution in [2.75, 3.05) is 27.3 Å². The molecule has 0 aliphatic heterocycles. The van der Waals surface area contributed by atoms with E-state index in [1.807, 2.05) is 57.1 Å². The van der Waals surface area contributed by atoms with Crippen LogP contribution >= 0.6 is 0 Å². The van der Waals surface area contributed by atoms with Crippen LogP contribution in [0.5, 0.6) is 5.75 Å². The second-order valence-corrected chi connectivity index (χ2v) is 4.12. The highest BCUT2D eigenvalue weighted by atomic mass is 16.5. The molecule has 1 aromatic rings. The summed E-state index contributed by atoms with van der Waals surface area (Å²) in [6.07, 6.45) is 0. The monoisotopic (exact) mass is 251 g/mol. The van der Waals surface area contributed by atoms with Crippen molar-refractivity contribution in [3.8, 4) is 5.75 Å². The predicted molar refractivity (Wildman–Crippen MR) is 70.7 cm³/mol. The normalized spacial score (nSPS) is 12.3. The molecule has 0 amide bonds. The largest absolute Gasteiger partial charge is 0.494 e. The average molecular weight is 251 g/mol. The van der Waals surface area contributed by atoms with Crippen LogP contribution in [0.15, 0.2) is 24.3 Å². The minimum absolute atomic E-state index is 0.230. The summed E-state index contributed by atoms with van der Waals surface area (Å²) in [5.74, 6) is 0.578. The Morgan fingerprint density at radius 2 is 1.78 bits per heavy atom. The smallest absolute Gasteiger partial charge is 0.327 e. The third-order valence-electron chi connectivity index (χ3n) is 2.53. The van der Waals surface area contributed by atoms with E-state index >= 15 is 0 Å². The quantitative estimate of drug-likeness (QED) is 0.727. The minimum atomic E-state index is -0.374. The molecule has 100 valence electrons. The molecule has 0 aliphatic carbocycles. The molecule has 4 nitrogen and oxygen atoms in total. The van der Waals surface area contributed by atoms with Crippen molar-refractivity contribution in [1.29, 1.82) is 0 Å². The summed E-state index contributed by atoms with van der Waals surface area (Å²) in [6.45, 7) is 4.77.